The molecule has 0 aromatic heterocycles. The van der Waals surface area contributed by atoms with Gasteiger partial charge >= 0.3 is 0 Å². The Kier molecular flexibility index (Phi) is 5.87. The van der Waals surface area contributed by atoms with E-state index in [2.05, 4.69) is 70.3 Å². The highest BCUT2D eigenvalue weighted by atomic mass is 79.9. The van der Waals surface area contributed by atoms with Gasteiger partial charge in [0.2, 0.25) is 0 Å². The molecule has 0 radical (unpaired) electrons. The molecule has 112 valence electrons. The monoisotopic (exact) mass is 339 g/mol. The lowest BCUT2D eigenvalue weighted by Gasteiger charge is -2.37. The molecule has 20 heavy (non-hydrogen) atoms. The maximum Gasteiger partial charge on any atom is 0.0423 e. The summed E-state index contributed by atoms with van der Waals surface area (Å²) in [5.41, 5.74) is 2.79. The highest BCUT2D eigenvalue weighted by Gasteiger charge is 2.22. The van der Waals surface area contributed by atoms with Crippen LogP contribution in [-0.4, -0.2) is 44.7 Å². The van der Waals surface area contributed by atoms with Crippen molar-refractivity contribution >= 4 is 21.6 Å². The van der Waals surface area contributed by atoms with Crippen LogP contribution >= 0.6 is 15.9 Å². The first-order valence-corrected chi connectivity index (χ1v) is 8.31. The number of hydrogen-bond donors (Lipinski definition) is 1. The Morgan fingerprint density at radius 3 is 2.60 bits per heavy atom. The van der Waals surface area contributed by atoms with Crippen LogP contribution in [0.4, 0.5) is 5.69 Å². The number of hydrogen-bond acceptors (Lipinski definition) is 3. The van der Waals surface area contributed by atoms with Gasteiger partial charge in [-0.2, -0.15) is 0 Å². The first kappa shape index (κ1) is 15.8. The first-order valence-electron chi connectivity index (χ1n) is 7.52. The summed E-state index contributed by atoms with van der Waals surface area (Å²) in [7, 11) is 4.38. The lowest BCUT2D eigenvalue weighted by molar-refractivity contribution is 0.249. The fraction of sp³-hybridized carbons (Fsp3) is 0.625. The number of nitrogens with zero attached hydrogens (tertiary/aromatic N) is 2. The third-order valence-corrected chi connectivity index (χ3v) is 4.64. The van der Waals surface area contributed by atoms with Gasteiger partial charge in [0.25, 0.3) is 0 Å². The van der Waals surface area contributed by atoms with Crippen LogP contribution in [0.1, 0.15) is 25.3 Å². The van der Waals surface area contributed by atoms with Gasteiger partial charge in [-0.05, 0) is 51.2 Å². The van der Waals surface area contributed by atoms with Crippen LogP contribution in [0, 0.1) is 0 Å². The van der Waals surface area contributed by atoms with E-state index in [-0.39, 0.29) is 0 Å². The third-order valence-electron chi connectivity index (χ3n) is 4.15. The van der Waals surface area contributed by atoms with Crippen LogP contribution in [0.2, 0.25) is 0 Å². The molecule has 1 fully saturated rings. The molecule has 3 nitrogen and oxygen atoms in total. The van der Waals surface area contributed by atoms with E-state index in [4.69, 9.17) is 0 Å². The second kappa shape index (κ2) is 7.43. The van der Waals surface area contributed by atoms with Gasteiger partial charge < -0.3 is 15.1 Å². The van der Waals surface area contributed by atoms with Crippen molar-refractivity contribution in [3.05, 3.63) is 28.2 Å². The fourth-order valence-corrected chi connectivity index (χ4v) is 3.21. The van der Waals surface area contributed by atoms with Gasteiger partial charge in [-0.15, -0.1) is 0 Å². The number of piperidine rings is 1. The van der Waals surface area contributed by atoms with Crippen molar-refractivity contribution in [1.29, 1.82) is 0 Å². The summed E-state index contributed by atoms with van der Waals surface area (Å²) in [6.45, 7) is 6.42. The van der Waals surface area contributed by atoms with Crippen molar-refractivity contribution < 1.29 is 0 Å². The van der Waals surface area contributed by atoms with Gasteiger partial charge in [0.1, 0.15) is 0 Å². The van der Waals surface area contributed by atoms with Crippen molar-refractivity contribution in [3.8, 4) is 0 Å². The van der Waals surface area contributed by atoms with E-state index in [0.29, 0.717) is 0 Å². The van der Waals surface area contributed by atoms with E-state index in [1.54, 1.807) is 0 Å². The Morgan fingerprint density at radius 2 is 2.00 bits per heavy atom. The lowest BCUT2D eigenvalue weighted by Crippen LogP contribution is -2.42. The zero-order chi connectivity index (χ0) is 14.5. The average Bonchev–Trinajstić information content (AvgIpc) is 2.46. The summed E-state index contributed by atoms with van der Waals surface area (Å²) in [5.74, 6) is 0. The van der Waals surface area contributed by atoms with Crippen molar-refractivity contribution in [3.63, 3.8) is 0 Å². The summed E-state index contributed by atoms with van der Waals surface area (Å²) in [6.07, 6.45) is 2.50. The predicted octanol–water partition coefficient (Wildman–Crippen LogP) is 3.09. The van der Waals surface area contributed by atoms with Gasteiger partial charge in [0.05, 0.1) is 0 Å². The van der Waals surface area contributed by atoms with E-state index in [0.717, 1.165) is 32.2 Å². The van der Waals surface area contributed by atoms with Gasteiger partial charge in [-0.1, -0.05) is 28.9 Å². The minimum absolute atomic E-state index is 0.732. The molecule has 1 aromatic carbocycles. The SMILES string of the molecule is CCNCc1ccc(Br)cc1N1CCC(N(C)C)CC1. The maximum atomic E-state index is 3.61. The minimum Gasteiger partial charge on any atom is -0.371 e. The Balaban J connectivity index is 2.09. The van der Waals surface area contributed by atoms with Gasteiger partial charge in [-0.25, -0.2) is 0 Å². The Hall–Kier alpha value is -0.580. The second-order valence-electron chi connectivity index (χ2n) is 5.74. The lowest BCUT2D eigenvalue weighted by atomic mass is 10.0. The van der Waals surface area contributed by atoms with Crippen molar-refractivity contribution in [1.82, 2.24) is 10.2 Å². The standard InChI is InChI=1S/C16H26BrN3/c1-4-18-12-13-5-6-14(17)11-16(13)20-9-7-15(8-10-20)19(2)3/h5-6,11,15,18H,4,7-10,12H2,1-3H3. The van der Waals surface area contributed by atoms with Crippen molar-refractivity contribution in [2.24, 2.45) is 0 Å². The summed E-state index contributed by atoms with van der Waals surface area (Å²) < 4.78 is 1.17. The smallest absolute Gasteiger partial charge is 0.0423 e. The molecule has 1 aliphatic heterocycles. The topological polar surface area (TPSA) is 18.5 Å². The highest BCUT2D eigenvalue weighted by molar-refractivity contribution is 9.10. The molecule has 4 heteroatoms. The van der Waals surface area contributed by atoms with Gasteiger partial charge in [0, 0.05) is 35.8 Å². The molecule has 0 aliphatic carbocycles. The highest BCUT2D eigenvalue weighted by Crippen LogP contribution is 2.28. The number of halogens is 1. The fourth-order valence-electron chi connectivity index (χ4n) is 2.86. The summed E-state index contributed by atoms with van der Waals surface area (Å²) in [4.78, 5) is 4.90. The van der Waals surface area contributed by atoms with Crippen LogP contribution in [0.25, 0.3) is 0 Å². The Morgan fingerprint density at radius 1 is 1.30 bits per heavy atom. The molecule has 1 aliphatic rings. The first-order chi connectivity index (χ1) is 9.61. The molecule has 0 atom stereocenters. The number of anilines is 1. The third kappa shape index (κ3) is 3.96. The zero-order valence-electron chi connectivity index (χ0n) is 12.8. The summed E-state index contributed by atoms with van der Waals surface area (Å²) >= 11 is 3.61. The Labute approximate surface area is 131 Å². The summed E-state index contributed by atoms with van der Waals surface area (Å²) in [5, 5.41) is 3.44. The molecule has 0 spiro atoms. The average molecular weight is 340 g/mol. The molecule has 1 N–H and O–H groups in total. The second-order valence-corrected chi connectivity index (χ2v) is 6.65. The van der Waals surface area contributed by atoms with Gasteiger partial charge in [-0.3, -0.25) is 0 Å². The normalized spacial score (nSPS) is 16.9. The molecule has 1 aromatic rings. The van der Waals surface area contributed by atoms with Crippen LogP contribution in [0.5, 0.6) is 0 Å². The summed E-state index contributed by atoms with van der Waals surface area (Å²) in [6, 6.07) is 7.38. The van der Waals surface area contributed by atoms with E-state index in [1.807, 2.05) is 0 Å². The van der Waals surface area contributed by atoms with E-state index in [1.165, 1.54) is 28.6 Å². The van der Waals surface area contributed by atoms with Gasteiger partial charge in [0.15, 0.2) is 0 Å². The van der Waals surface area contributed by atoms with Crippen LogP contribution in [0.15, 0.2) is 22.7 Å². The van der Waals surface area contributed by atoms with Crippen LogP contribution in [0.3, 0.4) is 0 Å². The molecule has 0 amide bonds. The van der Waals surface area contributed by atoms with Crippen LogP contribution < -0.4 is 10.2 Å². The molecular weight excluding hydrogens is 314 g/mol. The molecule has 1 heterocycles. The molecule has 0 bridgehead atoms. The van der Waals surface area contributed by atoms with Crippen molar-refractivity contribution in [2.75, 3.05) is 38.6 Å². The maximum absolute atomic E-state index is 3.61. The zero-order valence-corrected chi connectivity index (χ0v) is 14.4. The van der Waals surface area contributed by atoms with Crippen LogP contribution in [-0.2, 0) is 6.54 Å². The predicted molar refractivity (Wildman–Crippen MR) is 90.4 cm³/mol. The number of rotatable bonds is 5. The largest absolute Gasteiger partial charge is 0.371 e. The molecular formula is C16H26BrN3. The molecule has 1 saturated heterocycles. The minimum atomic E-state index is 0.732. The quantitative estimate of drug-likeness (QED) is 0.889. The van der Waals surface area contributed by atoms with E-state index >= 15 is 0 Å². The Bertz CT molecular complexity index is 426. The molecule has 0 saturated carbocycles. The number of nitrogens with one attached hydrogen (secondary N) is 1. The molecule has 2 rings (SSSR count). The van der Waals surface area contributed by atoms with Crippen molar-refractivity contribution in [2.45, 2.75) is 32.4 Å². The number of benzene rings is 1. The van der Waals surface area contributed by atoms with E-state index in [9.17, 15) is 0 Å². The molecule has 0 unspecified atom stereocenters. The van der Waals surface area contributed by atoms with E-state index < -0.39 is 0 Å².